The lowest BCUT2D eigenvalue weighted by Crippen LogP contribution is -2.67. The van der Waals surface area contributed by atoms with Crippen molar-refractivity contribution in [1.29, 1.82) is 0 Å². The fourth-order valence-electron chi connectivity index (χ4n) is 5.49. The topological polar surface area (TPSA) is 96.2 Å². The second kappa shape index (κ2) is 4.66. The highest BCUT2D eigenvalue weighted by Gasteiger charge is 2.75. The van der Waals surface area contributed by atoms with Crippen molar-refractivity contribution in [2.24, 2.45) is 28.6 Å². The van der Waals surface area contributed by atoms with Crippen LogP contribution in [0, 0.1) is 28.6 Å². The molecule has 0 aromatic rings. The van der Waals surface area contributed by atoms with Crippen molar-refractivity contribution < 1.29 is 29.6 Å². The molecule has 1 aliphatic heterocycles. The molecule has 0 spiro atoms. The minimum atomic E-state index is -1.51. The monoisotopic (exact) mass is 314 g/mol. The lowest BCUT2D eigenvalue weighted by atomic mass is 9.53. The Hall–Kier alpha value is -0.690. The first-order valence-electron chi connectivity index (χ1n) is 7.87. The minimum absolute atomic E-state index is 0.00340. The van der Waals surface area contributed by atoms with Crippen LogP contribution >= 0.6 is 0 Å². The molecule has 3 fully saturated rings. The zero-order valence-electron chi connectivity index (χ0n) is 13.6. The second-order valence-corrected chi connectivity index (χ2v) is 8.15. The smallest absolute Gasteiger partial charge is 0.320 e. The van der Waals surface area contributed by atoms with Crippen LogP contribution < -0.4 is 0 Å². The Bertz CT molecular complexity index is 491. The molecule has 0 aromatic carbocycles. The first kappa shape index (κ1) is 16.2. The third-order valence-electron chi connectivity index (χ3n) is 6.51. The highest BCUT2D eigenvalue weighted by molar-refractivity contribution is 5.81. The van der Waals surface area contributed by atoms with Gasteiger partial charge in [0.05, 0.1) is 24.2 Å². The molecular weight excluding hydrogens is 288 g/mol. The maximum atomic E-state index is 12.4. The molecule has 0 bridgehead atoms. The van der Waals surface area contributed by atoms with Crippen molar-refractivity contribution >= 4 is 5.97 Å². The highest BCUT2D eigenvalue weighted by atomic mass is 16.6. The number of fused-ring (bicyclic) bond motifs is 2. The fourth-order valence-corrected chi connectivity index (χ4v) is 5.49. The summed E-state index contributed by atoms with van der Waals surface area (Å²) in [7, 11) is 1.55. The van der Waals surface area contributed by atoms with E-state index in [2.05, 4.69) is 13.8 Å². The van der Waals surface area contributed by atoms with Crippen LogP contribution in [0.4, 0.5) is 0 Å². The van der Waals surface area contributed by atoms with E-state index in [1.54, 1.807) is 7.11 Å². The zero-order valence-corrected chi connectivity index (χ0v) is 13.6. The molecule has 2 saturated carbocycles. The Kier molecular flexibility index (Phi) is 3.43. The van der Waals surface area contributed by atoms with Crippen LogP contribution in [0.2, 0.25) is 0 Å². The Morgan fingerprint density at radius 2 is 1.91 bits per heavy atom. The number of hydrogen-bond acceptors (Lipinski definition) is 6. The number of esters is 1. The summed E-state index contributed by atoms with van der Waals surface area (Å²) in [6, 6.07) is 0. The van der Waals surface area contributed by atoms with Gasteiger partial charge in [-0.1, -0.05) is 13.8 Å². The molecule has 3 N–H and O–H groups in total. The lowest BCUT2D eigenvalue weighted by molar-refractivity contribution is -0.238. The molecule has 3 unspecified atom stereocenters. The molecule has 1 saturated heterocycles. The molecule has 2 aliphatic carbocycles. The van der Waals surface area contributed by atoms with Gasteiger partial charge in [-0.05, 0) is 37.0 Å². The van der Waals surface area contributed by atoms with Crippen molar-refractivity contribution in [3.8, 4) is 0 Å². The molecule has 0 radical (unpaired) electrons. The Balaban J connectivity index is 2.16. The first-order chi connectivity index (χ1) is 10.1. The SMILES string of the molecule is CO[C@]1(C)C2CC(C)(C)CC2[C@H](O)[C@]2(CO)C(=O)O[C@@H](O)C12. The molecular formula is C16H26O6. The highest BCUT2D eigenvalue weighted by Crippen LogP contribution is 2.64. The van der Waals surface area contributed by atoms with Gasteiger partial charge >= 0.3 is 5.97 Å². The number of aliphatic hydroxyl groups is 3. The van der Waals surface area contributed by atoms with Crippen molar-refractivity contribution in [2.45, 2.75) is 51.6 Å². The van der Waals surface area contributed by atoms with Crippen LogP contribution in [0.15, 0.2) is 0 Å². The van der Waals surface area contributed by atoms with Crippen LogP contribution in [0.5, 0.6) is 0 Å². The second-order valence-electron chi connectivity index (χ2n) is 8.15. The average Bonchev–Trinajstić information content (AvgIpc) is 2.91. The van der Waals surface area contributed by atoms with E-state index in [0.717, 1.165) is 12.8 Å². The van der Waals surface area contributed by atoms with E-state index < -0.39 is 41.9 Å². The van der Waals surface area contributed by atoms with Gasteiger partial charge < -0.3 is 24.8 Å². The molecule has 6 heteroatoms. The summed E-state index contributed by atoms with van der Waals surface area (Å²) >= 11 is 0. The maximum Gasteiger partial charge on any atom is 0.320 e. The van der Waals surface area contributed by atoms with Gasteiger partial charge in [-0.3, -0.25) is 4.79 Å². The molecule has 22 heavy (non-hydrogen) atoms. The molecule has 3 rings (SSSR count). The van der Waals surface area contributed by atoms with Gasteiger partial charge in [0.15, 0.2) is 0 Å². The van der Waals surface area contributed by atoms with E-state index in [1.165, 1.54) is 0 Å². The zero-order chi connectivity index (χ0) is 16.5. The number of methoxy groups -OCH3 is 1. The number of hydrogen-bond donors (Lipinski definition) is 3. The van der Waals surface area contributed by atoms with Crippen LogP contribution in [-0.2, 0) is 14.3 Å². The normalized spacial score (nSPS) is 53.0. The molecule has 126 valence electrons. The average molecular weight is 314 g/mol. The van der Waals surface area contributed by atoms with Crippen LogP contribution in [0.1, 0.15) is 33.6 Å². The molecule has 0 aromatic heterocycles. The van der Waals surface area contributed by atoms with Crippen LogP contribution in [-0.4, -0.2) is 53.0 Å². The van der Waals surface area contributed by atoms with Crippen molar-refractivity contribution in [3.05, 3.63) is 0 Å². The van der Waals surface area contributed by atoms with Gasteiger partial charge in [0.2, 0.25) is 6.29 Å². The Morgan fingerprint density at radius 1 is 1.27 bits per heavy atom. The molecule has 6 nitrogen and oxygen atoms in total. The number of rotatable bonds is 2. The van der Waals surface area contributed by atoms with Crippen molar-refractivity contribution in [2.75, 3.05) is 13.7 Å². The van der Waals surface area contributed by atoms with Gasteiger partial charge in [0.1, 0.15) is 5.41 Å². The summed E-state index contributed by atoms with van der Waals surface area (Å²) in [6.07, 6.45) is -0.834. The third-order valence-corrected chi connectivity index (χ3v) is 6.51. The van der Waals surface area contributed by atoms with Gasteiger partial charge in [0.25, 0.3) is 0 Å². The van der Waals surface area contributed by atoms with Gasteiger partial charge in [0, 0.05) is 7.11 Å². The number of carbonyl (C=O) groups excluding carboxylic acids is 1. The van der Waals surface area contributed by atoms with E-state index >= 15 is 0 Å². The summed E-state index contributed by atoms with van der Waals surface area (Å²) in [5, 5.41) is 31.2. The Labute approximate surface area is 130 Å². The first-order valence-corrected chi connectivity index (χ1v) is 7.87. The molecule has 0 amide bonds. The fraction of sp³-hybridized carbons (Fsp3) is 0.938. The lowest BCUT2D eigenvalue weighted by Gasteiger charge is -2.54. The van der Waals surface area contributed by atoms with E-state index in [-0.39, 0.29) is 17.3 Å². The molecule has 1 heterocycles. The standard InChI is InChI=1S/C16H26O6/c1-14(2)5-8-9(6-14)15(3,21-4)10-12(19)22-13(20)16(10,7-17)11(8)18/h8-12,17-19H,5-7H2,1-4H3/t8?,9?,10?,11-,12+,15+,16+/m0/s1. The maximum absolute atomic E-state index is 12.4. The summed E-state index contributed by atoms with van der Waals surface area (Å²) < 4.78 is 10.8. The summed E-state index contributed by atoms with van der Waals surface area (Å²) in [4.78, 5) is 12.4. The molecule has 3 aliphatic rings. The van der Waals surface area contributed by atoms with E-state index in [1.807, 2.05) is 6.92 Å². The predicted molar refractivity (Wildman–Crippen MR) is 76.5 cm³/mol. The van der Waals surface area contributed by atoms with E-state index in [0.29, 0.717) is 0 Å². The molecule has 7 atom stereocenters. The quantitative estimate of drug-likeness (QED) is 0.634. The summed E-state index contributed by atoms with van der Waals surface area (Å²) in [5.74, 6) is -1.68. The number of cyclic esters (lactones) is 1. The van der Waals surface area contributed by atoms with E-state index in [4.69, 9.17) is 9.47 Å². The number of ether oxygens (including phenoxy) is 2. The number of aliphatic hydroxyl groups excluding tert-OH is 3. The Morgan fingerprint density at radius 3 is 2.45 bits per heavy atom. The number of carbonyl (C=O) groups is 1. The van der Waals surface area contributed by atoms with Crippen molar-refractivity contribution in [3.63, 3.8) is 0 Å². The van der Waals surface area contributed by atoms with Crippen LogP contribution in [0.25, 0.3) is 0 Å². The third kappa shape index (κ3) is 1.72. The van der Waals surface area contributed by atoms with Gasteiger partial charge in [-0.2, -0.15) is 0 Å². The predicted octanol–water partition coefficient (Wildman–Crippen LogP) is 0.288. The minimum Gasteiger partial charge on any atom is -0.435 e. The van der Waals surface area contributed by atoms with Crippen molar-refractivity contribution in [1.82, 2.24) is 0 Å². The van der Waals surface area contributed by atoms with E-state index in [9.17, 15) is 20.1 Å². The summed E-state index contributed by atoms with van der Waals surface area (Å²) in [6.45, 7) is 5.56. The van der Waals surface area contributed by atoms with Crippen LogP contribution in [0.3, 0.4) is 0 Å². The largest absolute Gasteiger partial charge is 0.435 e. The van der Waals surface area contributed by atoms with Gasteiger partial charge in [-0.15, -0.1) is 0 Å². The van der Waals surface area contributed by atoms with Gasteiger partial charge in [-0.25, -0.2) is 0 Å². The summed E-state index contributed by atoms with van der Waals surface area (Å²) in [5.41, 5.74) is -2.34.